The molecule has 160 valence electrons. The van der Waals surface area contributed by atoms with E-state index in [0.29, 0.717) is 18.4 Å². The van der Waals surface area contributed by atoms with E-state index in [4.69, 9.17) is 5.10 Å². The van der Waals surface area contributed by atoms with Gasteiger partial charge in [0.25, 0.3) is 5.56 Å². The molecule has 0 saturated heterocycles. The largest absolute Gasteiger partial charge is 0.307 e. The number of fused-ring (bicyclic) bond motifs is 2. The Kier molecular flexibility index (Phi) is 4.77. The molecule has 0 aliphatic rings. The van der Waals surface area contributed by atoms with E-state index in [9.17, 15) is 4.79 Å². The van der Waals surface area contributed by atoms with Gasteiger partial charge in [-0.3, -0.25) is 14.8 Å². The van der Waals surface area contributed by atoms with Gasteiger partial charge in [-0.2, -0.15) is 5.10 Å². The summed E-state index contributed by atoms with van der Waals surface area (Å²) in [5.74, 6) is 0. The molecule has 0 aliphatic heterocycles. The Morgan fingerprint density at radius 3 is 2.67 bits per heavy atom. The number of hydrogen-bond acceptors (Lipinski definition) is 6. The zero-order chi connectivity index (χ0) is 22.2. The Morgan fingerprint density at radius 2 is 1.85 bits per heavy atom. The van der Waals surface area contributed by atoms with Crippen molar-refractivity contribution in [1.29, 1.82) is 0 Å². The third-order valence-corrected chi connectivity index (χ3v) is 6.58. The summed E-state index contributed by atoms with van der Waals surface area (Å²) in [5, 5.41) is 7.47. The van der Waals surface area contributed by atoms with E-state index >= 15 is 0 Å². The summed E-state index contributed by atoms with van der Waals surface area (Å²) in [6.07, 6.45) is 11.6. The Balaban J connectivity index is 1.49. The molecule has 0 atom stereocenters. The number of thiophene rings is 1. The maximum absolute atomic E-state index is 13.6. The van der Waals surface area contributed by atoms with Gasteiger partial charge in [0.1, 0.15) is 11.3 Å². The molecule has 7 nitrogen and oxygen atoms in total. The highest BCUT2D eigenvalue weighted by Gasteiger charge is 2.19. The van der Waals surface area contributed by atoms with Crippen molar-refractivity contribution >= 4 is 27.1 Å². The highest BCUT2D eigenvalue weighted by Crippen LogP contribution is 2.36. The van der Waals surface area contributed by atoms with Crippen LogP contribution in [0.25, 0.3) is 38.1 Å². The monoisotopic (exact) mass is 450 g/mol. The zero-order valence-electron chi connectivity index (χ0n) is 17.5. The van der Waals surface area contributed by atoms with Crippen molar-refractivity contribution in [2.75, 3.05) is 0 Å². The summed E-state index contributed by atoms with van der Waals surface area (Å²) in [6, 6.07) is 13.6. The molecule has 0 unspecified atom stereocenters. The van der Waals surface area contributed by atoms with Crippen molar-refractivity contribution in [3.05, 3.63) is 101 Å². The molecule has 6 rings (SSSR count). The lowest BCUT2D eigenvalue weighted by atomic mass is 10.1. The minimum atomic E-state index is -0.102. The number of rotatable bonds is 5. The molecule has 0 spiro atoms. The van der Waals surface area contributed by atoms with Gasteiger partial charge < -0.3 is 4.40 Å². The molecule has 6 aromatic heterocycles. The van der Waals surface area contributed by atoms with Gasteiger partial charge in [0.05, 0.1) is 22.3 Å². The molecule has 0 N–H and O–H groups in total. The fourth-order valence-electron chi connectivity index (χ4n) is 4.00. The number of pyridine rings is 3. The molecule has 6 heterocycles. The number of imidazole rings is 1. The molecule has 0 saturated carbocycles. The molecular formula is C25H18N6OS. The quantitative estimate of drug-likeness (QED) is 0.387. The van der Waals surface area contributed by atoms with Crippen LogP contribution >= 0.6 is 11.3 Å². The van der Waals surface area contributed by atoms with Gasteiger partial charge >= 0.3 is 0 Å². The van der Waals surface area contributed by atoms with Crippen LogP contribution in [0, 0.1) is 0 Å². The van der Waals surface area contributed by atoms with E-state index in [1.54, 1.807) is 29.5 Å². The van der Waals surface area contributed by atoms with Crippen molar-refractivity contribution in [2.24, 2.45) is 0 Å². The van der Waals surface area contributed by atoms with Crippen LogP contribution in [0.15, 0.2) is 89.8 Å². The van der Waals surface area contributed by atoms with Gasteiger partial charge in [-0.05, 0) is 42.0 Å². The first-order valence-electron chi connectivity index (χ1n) is 10.5. The minimum absolute atomic E-state index is 0.102. The molecule has 0 amide bonds. The Hall–Kier alpha value is -4.17. The maximum Gasteiger partial charge on any atom is 0.276 e. The number of nitrogens with zero attached hydrogens (tertiary/aromatic N) is 6. The maximum atomic E-state index is 13.6. The summed E-state index contributed by atoms with van der Waals surface area (Å²) in [5.41, 5.74) is 5.20. The number of aryl methyl sites for hydroxylation is 2. The van der Waals surface area contributed by atoms with Crippen LogP contribution in [0.3, 0.4) is 0 Å². The van der Waals surface area contributed by atoms with Crippen LogP contribution in [0.1, 0.15) is 5.69 Å². The average molecular weight is 451 g/mol. The molecule has 0 fully saturated rings. The summed E-state index contributed by atoms with van der Waals surface area (Å²) in [7, 11) is 0. The van der Waals surface area contributed by atoms with Gasteiger partial charge in [0, 0.05) is 60.1 Å². The van der Waals surface area contributed by atoms with Gasteiger partial charge in [-0.25, -0.2) is 9.67 Å². The average Bonchev–Trinajstić information content (AvgIpc) is 3.49. The Labute approximate surface area is 192 Å². The van der Waals surface area contributed by atoms with Crippen LogP contribution in [0.4, 0.5) is 0 Å². The smallest absolute Gasteiger partial charge is 0.276 e. The van der Waals surface area contributed by atoms with Crippen LogP contribution < -0.4 is 5.56 Å². The van der Waals surface area contributed by atoms with E-state index in [0.717, 1.165) is 38.4 Å². The lowest BCUT2D eigenvalue weighted by Crippen LogP contribution is -2.24. The van der Waals surface area contributed by atoms with Crippen molar-refractivity contribution in [3.63, 3.8) is 0 Å². The molecular weight excluding hydrogens is 432 g/mol. The van der Waals surface area contributed by atoms with E-state index in [1.807, 2.05) is 64.6 Å². The standard InChI is InChI=1S/C25H18N6OS/c32-25-22-20(17-6-10-26-11-7-17)16-33-24(22)23(18-4-3-9-27-14-18)29-31(25)13-8-19-15-30-12-2-1-5-21(30)28-19/h1-7,9-12,14-16H,8,13H2. The lowest BCUT2D eigenvalue weighted by molar-refractivity contribution is 0.583. The fraction of sp³-hybridized carbons (Fsp3) is 0.0800. The summed E-state index contributed by atoms with van der Waals surface area (Å²) in [4.78, 5) is 26.6. The third-order valence-electron chi connectivity index (χ3n) is 5.60. The van der Waals surface area contributed by atoms with E-state index < -0.39 is 0 Å². The number of hydrogen-bond donors (Lipinski definition) is 0. The second-order valence-corrected chi connectivity index (χ2v) is 8.54. The van der Waals surface area contributed by atoms with Crippen LogP contribution in [-0.2, 0) is 13.0 Å². The second kappa shape index (κ2) is 8.07. The third kappa shape index (κ3) is 3.50. The molecule has 0 aromatic carbocycles. The molecule has 0 aliphatic carbocycles. The molecule has 33 heavy (non-hydrogen) atoms. The SMILES string of the molecule is O=c1c2c(-c3ccncc3)csc2c(-c2cccnc2)nn1CCc1cn2ccccc2n1. The second-order valence-electron chi connectivity index (χ2n) is 7.66. The van der Waals surface area contributed by atoms with E-state index in [2.05, 4.69) is 15.0 Å². The first kappa shape index (κ1) is 19.5. The van der Waals surface area contributed by atoms with Crippen LogP contribution in [0.2, 0.25) is 0 Å². The first-order valence-corrected chi connectivity index (χ1v) is 11.4. The summed E-state index contributed by atoms with van der Waals surface area (Å²) >= 11 is 1.53. The molecule has 6 aromatic rings. The Bertz CT molecular complexity index is 1600. The first-order chi connectivity index (χ1) is 16.3. The predicted molar refractivity (Wildman–Crippen MR) is 129 cm³/mol. The van der Waals surface area contributed by atoms with Gasteiger partial charge in [0.2, 0.25) is 0 Å². The fourth-order valence-corrected chi connectivity index (χ4v) is 5.08. The van der Waals surface area contributed by atoms with Gasteiger partial charge in [-0.1, -0.05) is 6.07 Å². The highest BCUT2D eigenvalue weighted by molar-refractivity contribution is 7.18. The topological polar surface area (TPSA) is 78.0 Å². The highest BCUT2D eigenvalue weighted by atomic mass is 32.1. The molecule has 8 heteroatoms. The van der Waals surface area contributed by atoms with E-state index in [-0.39, 0.29) is 5.56 Å². The van der Waals surface area contributed by atoms with Crippen molar-refractivity contribution < 1.29 is 0 Å². The summed E-state index contributed by atoms with van der Waals surface area (Å²) in [6.45, 7) is 0.428. The minimum Gasteiger partial charge on any atom is -0.307 e. The van der Waals surface area contributed by atoms with Crippen molar-refractivity contribution in [3.8, 4) is 22.4 Å². The number of aromatic nitrogens is 6. The van der Waals surface area contributed by atoms with Crippen LogP contribution in [-0.4, -0.2) is 29.1 Å². The Morgan fingerprint density at radius 1 is 0.939 bits per heavy atom. The predicted octanol–water partition coefficient (Wildman–Crippen LogP) is 4.47. The summed E-state index contributed by atoms with van der Waals surface area (Å²) < 4.78 is 4.41. The van der Waals surface area contributed by atoms with Gasteiger partial charge in [0.15, 0.2) is 0 Å². The van der Waals surface area contributed by atoms with Crippen molar-refractivity contribution in [2.45, 2.75) is 13.0 Å². The zero-order valence-corrected chi connectivity index (χ0v) is 18.3. The van der Waals surface area contributed by atoms with E-state index in [1.165, 1.54) is 11.3 Å². The van der Waals surface area contributed by atoms with Gasteiger partial charge in [-0.15, -0.1) is 11.3 Å². The normalized spacial score (nSPS) is 11.4. The van der Waals surface area contributed by atoms with Crippen LogP contribution in [0.5, 0.6) is 0 Å². The molecule has 0 radical (unpaired) electrons. The molecule has 0 bridgehead atoms. The lowest BCUT2D eigenvalue weighted by Gasteiger charge is -2.09. The van der Waals surface area contributed by atoms with Crippen molar-refractivity contribution in [1.82, 2.24) is 29.1 Å².